The van der Waals surface area contributed by atoms with Crippen LogP contribution in [0.2, 0.25) is 0 Å². The van der Waals surface area contributed by atoms with Crippen molar-refractivity contribution in [2.75, 3.05) is 7.11 Å². The Labute approximate surface area is 221 Å². The number of hydrogen-bond donors (Lipinski definition) is 0. The van der Waals surface area contributed by atoms with Crippen LogP contribution >= 0.6 is 0 Å². The third kappa shape index (κ3) is 12.6. The summed E-state index contributed by atoms with van der Waals surface area (Å²) in [5.74, 6) is 1.54. The maximum absolute atomic E-state index is 11.2. The Bertz CT molecular complexity index is 810. The van der Waals surface area contributed by atoms with E-state index in [9.17, 15) is 4.79 Å². The summed E-state index contributed by atoms with van der Waals surface area (Å²) >= 11 is 0. The minimum atomic E-state index is -0.285. The Morgan fingerprint density at radius 3 is 1.39 bits per heavy atom. The SMILES string of the molecule is CCCCCCCCCCCCCCCCCC(c1ccc(OC)cc1)c1ccc(OC(C)=O)cc1. The van der Waals surface area contributed by atoms with Gasteiger partial charge in [-0.25, -0.2) is 0 Å². The van der Waals surface area contributed by atoms with Gasteiger partial charge in [-0.3, -0.25) is 4.79 Å². The van der Waals surface area contributed by atoms with Crippen LogP contribution in [0.15, 0.2) is 48.5 Å². The monoisotopic (exact) mass is 494 g/mol. The molecule has 0 heterocycles. The summed E-state index contributed by atoms with van der Waals surface area (Å²) in [6.07, 6.45) is 21.9. The van der Waals surface area contributed by atoms with Crippen LogP contribution < -0.4 is 9.47 Å². The van der Waals surface area contributed by atoms with Crippen LogP contribution in [0.5, 0.6) is 11.5 Å². The lowest BCUT2D eigenvalue weighted by Crippen LogP contribution is -2.04. The molecule has 0 radical (unpaired) electrons. The van der Waals surface area contributed by atoms with Crippen molar-refractivity contribution in [1.82, 2.24) is 0 Å². The zero-order valence-electron chi connectivity index (χ0n) is 23.2. The van der Waals surface area contributed by atoms with Gasteiger partial charge in [0.2, 0.25) is 0 Å². The minimum Gasteiger partial charge on any atom is -0.497 e. The maximum Gasteiger partial charge on any atom is 0.308 e. The quantitative estimate of drug-likeness (QED) is 0.104. The highest BCUT2D eigenvalue weighted by Crippen LogP contribution is 2.32. The second-order valence-electron chi connectivity index (χ2n) is 10.2. The van der Waals surface area contributed by atoms with E-state index in [1.165, 1.54) is 114 Å². The minimum absolute atomic E-state index is 0.285. The number of rotatable bonds is 20. The highest BCUT2D eigenvalue weighted by molar-refractivity contribution is 5.69. The van der Waals surface area contributed by atoms with Gasteiger partial charge in [-0.15, -0.1) is 0 Å². The van der Waals surface area contributed by atoms with Crippen LogP contribution in [-0.2, 0) is 4.79 Å². The summed E-state index contributed by atoms with van der Waals surface area (Å²) in [5, 5.41) is 0. The molecule has 2 aromatic rings. The van der Waals surface area contributed by atoms with E-state index < -0.39 is 0 Å². The lowest BCUT2D eigenvalue weighted by atomic mass is 9.86. The van der Waals surface area contributed by atoms with E-state index in [1.54, 1.807) is 7.11 Å². The molecule has 0 saturated carbocycles. The van der Waals surface area contributed by atoms with E-state index in [1.807, 2.05) is 24.3 Å². The summed E-state index contributed by atoms with van der Waals surface area (Å²) in [5.41, 5.74) is 2.57. The number of methoxy groups -OCH3 is 1. The van der Waals surface area contributed by atoms with Gasteiger partial charge in [-0.05, 0) is 41.8 Å². The van der Waals surface area contributed by atoms with Gasteiger partial charge in [-0.1, -0.05) is 128 Å². The molecule has 2 rings (SSSR count). The van der Waals surface area contributed by atoms with Gasteiger partial charge >= 0.3 is 5.97 Å². The number of carbonyl (C=O) groups is 1. The lowest BCUT2D eigenvalue weighted by Gasteiger charge is -2.19. The Morgan fingerprint density at radius 1 is 0.611 bits per heavy atom. The molecule has 0 amide bonds. The average molecular weight is 495 g/mol. The van der Waals surface area contributed by atoms with Crippen molar-refractivity contribution in [3.8, 4) is 11.5 Å². The molecule has 0 aliphatic rings. The van der Waals surface area contributed by atoms with Crippen LogP contribution in [0.3, 0.4) is 0 Å². The molecule has 1 unspecified atom stereocenters. The largest absolute Gasteiger partial charge is 0.497 e. The normalized spacial score (nSPS) is 11.9. The van der Waals surface area contributed by atoms with E-state index in [2.05, 4.69) is 31.2 Å². The van der Waals surface area contributed by atoms with Crippen molar-refractivity contribution >= 4 is 5.97 Å². The van der Waals surface area contributed by atoms with Crippen molar-refractivity contribution in [3.05, 3.63) is 59.7 Å². The van der Waals surface area contributed by atoms with Crippen LogP contribution in [-0.4, -0.2) is 13.1 Å². The summed E-state index contributed by atoms with van der Waals surface area (Å²) in [4.78, 5) is 11.2. The number of esters is 1. The zero-order valence-corrected chi connectivity index (χ0v) is 23.2. The second kappa shape index (κ2) is 18.9. The summed E-state index contributed by atoms with van der Waals surface area (Å²) in [7, 11) is 1.70. The number of carbonyl (C=O) groups excluding carboxylic acids is 1. The van der Waals surface area contributed by atoms with Gasteiger partial charge in [-0.2, -0.15) is 0 Å². The second-order valence-corrected chi connectivity index (χ2v) is 10.2. The Morgan fingerprint density at radius 2 is 1.00 bits per heavy atom. The number of benzene rings is 2. The standard InChI is InChI=1S/C33H50O3/c1-4-5-6-7-8-9-10-11-12-13-14-15-16-17-18-19-33(29-20-24-31(35-3)25-21-29)30-22-26-32(27-23-30)36-28(2)34/h20-27,33H,4-19H2,1-3H3. The third-order valence-corrected chi connectivity index (χ3v) is 7.16. The molecule has 1 atom stereocenters. The first-order valence-corrected chi connectivity index (χ1v) is 14.6. The molecule has 0 aliphatic heterocycles. The molecule has 3 nitrogen and oxygen atoms in total. The molecule has 0 N–H and O–H groups in total. The molecule has 0 spiro atoms. The fourth-order valence-electron chi connectivity index (χ4n) is 5.02. The Hall–Kier alpha value is -2.29. The smallest absolute Gasteiger partial charge is 0.308 e. The fraction of sp³-hybridized carbons (Fsp3) is 0.606. The van der Waals surface area contributed by atoms with Crippen LogP contribution in [0.1, 0.15) is 134 Å². The third-order valence-electron chi connectivity index (χ3n) is 7.16. The number of hydrogen-bond acceptors (Lipinski definition) is 3. The first kappa shape index (κ1) is 29.9. The maximum atomic E-state index is 11.2. The molecular formula is C33H50O3. The van der Waals surface area contributed by atoms with Crippen LogP contribution in [0.25, 0.3) is 0 Å². The highest BCUT2D eigenvalue weighted by Gasteiger charge is 2.15. The van der Waals surface area contributed by atoms with Crippen molar-refractivity contribution in [2.24, 2.45) is 0 Å². The van der Waals surface area contributed by atoms with Gasteiger partial charge in [0.1, 0.15) is 11.5 Å². The molecule has 0 bridgehead atoms. The van der Waals surface area contributed by atoms with Gasteiger partial charge in [0.05, 0.1) is 7.11 Å². The van der Waals surface area contributed by atoms with Gasteiger partial charge in [0.25, 0.3) is 0 Å². The van der Waals surface area contributed by atoms with Gasteiger partial charge in [0, 0.05) is 12.8 Å². The highest BCUT2D eigenvalue weighted by atomic mass is 16.5. The lowest BCUT2D eigenvalue weighted by molar-refractivity contribution is -0.131. The predicted octanol–water partition coefficient (Wildman–Crippen LogP) is 10.0. The molecule has 0 aromatic heterocycles. The molecule has 0 aliphatic carbocycles. The van der Waals surface area contributed by atoms with E-state index in [-0.39, 0.29) is 5.97 Å². The summed E-state index contributed by atoms with van der Waals surface area (Å²) in [6.45, 7) is 3.72. The molecule has 200 valence electrons. The predicted molar refractivity (Wildman–Crippen MR) is 152 cm³/mol. The molecule has 2 aromatic carbocycles. The number of unbranched alkanes of at least 4 members (excludes halogenated alkanes) is 14. The van der Waals surface area contributed by atoms with E-state index in [0.29, 0.717) is 11.7 Å². The average Bonchev–Trinajstić information content (AvgIpc) is 2.89. The fourth-order valence-corrected chi connectivity index (χ4v) is 5.02. The van der Waals surface area contributed by atoms with Crippen LogP contribution in [0, 0.1) is 0 Å². The van der Waals surface area contributed by atoms with Crippen molar-refractivity contribution in [2.45, 2.75) is 122 Å². The zero-order chi connectivity index (χ0) is 25.8. The molecule has 3 heteroatoms. The first-order chi connectivity index (χ1) is 17.6. The Balaban J connectivity index is 1.68. The van der Waals surface area contributed by atoms with Crippen LogP contribution in [0.4, 0.5) is 0 Å². The molecule has 0 fully saturated rings. The summed E-state index contributed by atoms with van der Waals surface area (Å²) in [6, 6.07) is 16.4. The Kier molecular flexibility index (Phi) is 15.7. The number of ether oxygens (including phenoxy) is 2. The van der Waals surface area contributed by atoms with Crippen molar-refractivity contribution in [3.63, 3.8) is 0 Å². The summed E-state index contributed by atoms with van der Waals surface area (Å²) < 4.78 is 10.6. The van der Waals surface area contributed by atoms with Crippen molar-refractivity contribution < 1.29 is 14.3 Å². The van der Waals surface area contributed by atoms with Gasteiger partial charge < -0.3 is 9.47 Å². The van der Waals surface area contributed by atoms with E-state index >= 15 is 0 Å². The first-order valence-electron chi connectivity index (χ1n) is 14.6. The van der Waals surface area contributed by atoms with Gasteiger partial charge in [0.15, 0.2) is 0 Å². The molecule has 0 saturated heterocycles. The van der Waals surface area contributed by atoms with E-state index in [0.717, 1.165) is 12.2 Å². The topological polar surface area (TPSA) is 35.5 Å². The molecule has 36 heavy (non-hydrogen) atoms. The van der Waals surface area contributed by atoms with E-state index in [4.69, 9.17) is 9.47 Å². The van der Waals surface area contributed by atoms with Crippen molar-refractivity contribution in [1.29, 1.82) is 0 Å². The molecular weight excluding hydrogens is 444 g/mol.